The van der Waals surface area contributed by atoms with Crippen molar-refractivity contribution in [1.82, 2.24) is 9.55 Å². The van der Waals surface area contributed by atoms with E-state index in [0.29, 0.717) is 15.7 Å². The summed E-state index contributed by atoms with van der Waals surface area (Å²) in [5.74, 6) is -0.156. The molecule has 6 heteroatoms. The minimum absolute atomic E-state index is 0.156. The number of benzene rings is 2. The summed E-state index contributed by atoms with van der Waals surface area (Å²) in [6.45, 7) is 0.181. The van der Waals surface area contributed by atoms with Crippen molar-refractivity contribution in [3.8, 4) is 0 Å². The molecule has 3 aromatic rings. The zero-order chi connectivity index (χ0) is 14.8. The molecule has 0 saturated heterocycles. The first-order valence-corrected chi connectivity index (χ1v) is 7.04. The molecule has 106 valence electrons. The van der Waals surface area contributed by atoms with Gasteiger partial charge in [0.05, 0.1) is 27.4 Å². The van der Waals surface area contributed by atoms with Crippen LogP contribution >= 0.6 is 23.2 Å². The third-order valence-corrected chi connectivity index (χ3v) is 3.78. The van der Waals surface area contributed by atoms with E-state index < -0.39 is 0 Å². The second-order valence-electron chi connectivity index (χ2n) is 4.54. The first-order valence-electron chi connectivity index (χ1n) is 6.28. The maximum atomic E-state index is 12.1. The molecule has 3 rings (SSSR count). The van der Waals surface area contributed by atoms with Crippen molar-refractivity contribution in [3.63, 3.8) is 0 Å². The average Bonchev–Trinajstić information content (AvgIpc) is 2.86. The molecule has 2 aromatic carbocycles. The summed E-state index contributed by atoms with van der Waals surface area (Å²) >= 11 is 11.8. The van der Waals surface area contributed by atoms with Gasteiger partial charge in [0.2, 0.25) is 5.91 Å². The lowest BCUT2D eigenvalue weighted by Gasteiger charge is -2.07. The number of amides is 1. The average molecular weight is 320 g/mol. The van der Waals surface area contributed by atoms with Crippen LogP contribution < -0.4 is 5.32 Å². The number of para-hydroxylation sites is 2. The van der Waals surface area contributed by atoms with Crippen molar-refractivity contribution >= 4 is 45.8 Å². The number of imidazole rings is 1. The standard InChI is InChI=1S/C15H11Cl2N3O/c16-11-6-5-10(7-12(11)17)19-15(21)8-20-9-18-13-3-1-2-4-14(13)20/h1-7,9H,8H2,(H,19,21). The van der Waals surface area contributed by atoms with Crippen LogP contribution in [0.15, 0.2) is 48.8 Å². The Hall–Kier alpha value is -2.04. The molecule has 0 atom stereocenters. The largest absolute Gasteiger partial charge is 0.324 e. The molecule has 0 saturated carbocycles. The quantitative estimate of drug-likeness (QED) is 0.793. The number of nitrogens with one attached hydrogen (secondary N) is 1. The molecule has 0 bridgehead atoms. The predicted octanol–water partition coefficient (Wildman–Crippen LogP) is 3.98. The van der Waals surface area contributed by atoms with Gasteiger partial charge in [0.25, 0.3) is 0 Å². The van der Waals surface area contributed by atoms with E-state index in [4.69, 9.17) is 23.2 Å². The third kappa shape index (κ3) is 3.01. The molecule has 0 aliphatic rings. The molecule has 21 heavy (non-hydrogen) atoms. The van der Waals surface area contributed by atoms with Gasteiger partial charge < -0.3 is 9.88 Å². The Bertz CT molecular complexity index is 814. The van der Waals surface area contributed by atoms with E-state index in [1.165, 1.54) is 0 Å². The second kappa shape index (κ2) is 5.76. The van der Waals surface area contributed by atoms with Crippen LogP contribution in [0, 0.1) is 0 Å². The fourth-order valence-electron chi connectivity index (χ4n) is 2.07. The monoisotopic (exact) mass is 319 g/mol. The summed E-state index contributed by atoms with van der Waals surface area (Å²) in [5.41, 5.74) is 2.39. The van der Waals surface area contributed by atoms with E-state index in [1.807, 2.05) is 24.3 Å². The van der Waals surface area contributed by atoms with Crippen molar-refractivity contribution in [3.05, 3.63) is 58.8 Å². The first kappa shape index (κ1) is 13.9. The highest BCUT2D eigenvalue weighted by atomic mass is 35.5. The number of hydrogen-bond donors (Lipinski definition) is 1. The SMILES string of the molecule is O=C(Cn1cnc2ccccc21)Nc1ccc(Cl)c(Cl)c1. The smallest absolute Gasteiger partial charge is 0.244 e. The van der Waals surface area contributed by atoms with Crippen LogP contribution in [-0.4, -0.2) is 15.5 Å². The van der Waals surface area contributed by atoms with E-state index in [2.05, 4.69) is 10.3 Å². The Labute approximate surface area is 131 Å². The van der Waals surface area contributed by atoms with Gasteiger partial charge in [-0.25, -0.2) is 4.98 Å². The number of fused-ring (bicyclic) bond motifs is 1. The van der Waals surface area contributed by atoms with Crippen LogP contribution in [0.2, 0.25) is 10.0 Å². The summed E-state index contributed by atoms with van der Waals surface area (Å²) in [6, 6.07) is 12.6. The van der Waals surface area contributed by atoms with Gasteiger partial charge in [-0.05, 0) is 30.3 Å². The number of carbonyl (C=O) groups excluding carboxylic acids is 1. The molecule has 0 aliphatic heterocycles. The number of anilines is 1. The summed E-state index contributed by atoms with van der Waals surface area (Å²) in [6.07, 6.45) is 1.65. The number of halogens is 2. The van der Waals surface area contributed by atoms with Gasteiger partial charge >= 0.3 is 0 Å². The van der Waals surface area contributed by atoms with E-state index in [-0.39, 0.29) is 12.5 Å². The van der Waals surface area contributed by atoms with Gasteiger partial charge in [-0.2, -0.15) is 0 Å². The zero-order valence-corrected chi connectivity index (χ0v) is 12.4. The lowest BCUT2D eigenvalue weighted by molar-refractivity contribution is -0.116. The fourth-order valence-corrected chi connectivity index (χ4v) is 2.36. The minimum atomic E-state index is -0.156. The Balaban J connectivity index is 1.75. The zero-order valence-electron chi connectivity index (χ0n) is 10.9. The first-order chi connectivity index (χ1) is 10.1. The highest BCUT2D eigenvalue weighted by Crippen LogP contribution is 2.25. The van der Waals surface area contributed by atoms with E-state index in [9.17, 15) is 4.79 Å². The number of nitrogens with zero attached hydrogens (tertiary/aromatic N) is 2. The topological polar surface area (TPSA) is 46.9 Å². The van der Waals surface area contributed by atoms with Gasteiger partial charge in [0.1, 0.15) is 6.54 Å². The van der Waals surface area contributed by atoms with Crippen molar-refractivity contribution in [2.45, 2.75) is 6.54 Å². The van der Waals surface area contributed by atoms with Gasteiger partial charge in [0, 0.05) is 5.69 Å². The summed E-state index contributed by atoms with van der Waals surface area (Å²) in [5, 5.41) is 3.64. The van der Waals surface area contributed by atoms with Crippen LogP contribution in [0.3, 0.4) is 0 Å². The Morgan fingerprint density at radius 2 is 1.95 bits per heavy atom. The molecular formula is C15H11Cl2N3O. The Kier molecular flexibility index (Phi) is 3.82. The van der Waals surface area contributed by atoms with Gasteiger partial charge in [0.15, 0.2) is 0 Å². The van der Waals surface area contributed by atoms with Crippen molar-refractivity contribution in [2.75, 3.05) is 5.32 Å². The van der Waals surface area contributed by atoms with Gasteiger partial charge in [-0.15, -0.1) is 0 Å². The Morgan fingerprint density at radius 1 is 1.14 bits per heavy atom. The maximum Gasteiger partial charge on any atom is 0.244 e. The highest BCUT2D eigenvalue weighted by Gasteiger charge is 2.08. The third-order valence-electron chi connectivity index (χ3n) is 3.04. The molecule has 1 aromatic heterocycles. The number of hydrogen-bond acceptors (Lipinski definition) is 2. The van der Waals surface area contributed by atoms with E-state index in [1.54, 1.807) is 29.1 Å². The second-order valence-corrected chi connectivity index (χ2v) is 5.35. The summed E-state index contributed by atoms with van der Waals surface area (Å²) in [7, 11) is 0. The summed E-state index contributed by atoms with van der Waals surface area (Å²) in [4.78, 5) is 16.3. The molecule has 0 radical (unpaired) electrons. The van der Waals surface area contributed by atoms with Crippen LogP contribution in [0.25, 0.3) is 11.0 Å². The predicted molar refractivity (Wildman–Crippen MR) is 84.8 cm³/mol. The fraction of sp³-hybridized carbons (Fsp3) is 0.0667. The lowest BCUT2D eigenvalue weighted by atomic mass is 10.3. The normalized spacial score (nSPS) is 10.8. The maximum absolute atomic E-state index is 12.1. The molecule has 1 heterocycles. The van der Waals surface area contributed by atoms with Gasteiger partial charge in [-0.1, -0.05) is 35.3 Å². The van der Waals surface area contributed by atoms with Gasteiger partial charge in [-0.3, -0.25) is 4.79 Å². The number of rotatable bonds is 3. The van der Waals surface area contributed by atoms with Crippen molar-refractivity contribution < 1.29 is 4.79 Å². The lowest BCUT2D eigenvalue weighted by Crippen LogP contribution is -2.18. The minimum Gasteiger partial charge on any atom is -0.324 e. The number of carbonyl (C=O) groups is 1. The molecule has 0 spiro atoms. The highest BCUT2D eigenvalue weighted by molar-refractivity contribution is 6.42. The summed E-state index contributed by atoms with van der Waals surface area (Å²) < 4.78 is 1.79. The van der Waals surface area contributed by atoms with E-state index >= 15 is 0 Å². The molecule has 4 nitrogen and oxygen atoms in total. The molecule has 1 N–H and O–H groups in total. The van der Waals surface area contributed by atoms with Crippen molar-refractivity contribution in [1.29, 1.82) is 0 Å². The van der Waals surface area contributed by atoms with Crippen LogP contribution in [-0.2, 0) is 11.3 Å². The molecule has 1 amide bonds. The number of aromatic nitrogens is 2. The van der Waals surface area contributed by atoms with E-state index in [0.717, 1.165) is 11.0 Å². The molecule has 0 aliphatic carbocycles. The Morgan fingerprint density at radius 3 is 2.76 bits per heavy atom. The van der Waals surface area contributed by atoms with Crippen LogP contribution in [0.1, 0.15) is 0 Å². The van der Waals surface area contributed by atoms with Crippen molar-refractivity contribution in [2.24, 2.45) is 0 Å². The van der Waals surface area contributed by atoms with Crippen LogP contribution in [0.5, 0.6) is 0 Å². The molecular weight excluding hydrogens is 309 g/mol. The molecule has 0 fully saturated rings. The van der Waals surface area contributed by atoms with Crippen LogP contribution in [0.4, 0.5) is 5.69 Å². The molecule has 0 unspecified atom stereocenters.